The number of rotatable bonds is 33. The van der Waals surface area contributed by atoms with Crippen LogP contribution in [0.25, 0.3) is 15.4 Å². The summed E-state index contributed by atoms with van der Waals surface area (Å²) in [7, 11) is 0. The number of benzene rings is 2. The Bertz CT molecular complexity index is 2990. The molecule has 2 aliphatic heterocycles. The number of hydrogen-bond acceptors (Lipinski definition) is 17. The SMILES string of the molecule is CCC(=O)NCCCCCCSC(C)(C)[C@H](NC(=O)COCCOCCOCCOCCNC(=O)C[C@@H]1N=C(c2ccc(Cl)cc2)c2c(sc(C)c2C)-n2c(C)nnc21)C(=O)N1C[C@H](O)C[C@H]1C(=O)NCc1ccc(-c2scnc2C)cc1. The zero-order valence-electron chi connectivity index (χ0n) is 48.6. The molecule has 5 aromatic rings. The number of nitrogens with zero attached hydrogens (tertiary/aromatic N) is 6. The van der Waals surface area contributed by atoms with E-state index in [1.54, 1.807) is 34.4 Å². The van der Waals surface area contributed by atoms with Crippen molar-refractivity contribution in [3.8, 4) is 15.4 Å². The van der Waals surface area contributed by atoms with Gasteiger partial charge in [-0.25, -0.2) is 4.98 Å². The van der Waals surface area contributed by atoms with Gasteiger partial charge in [-0.3, -0.25) is 33.5 Å². The minimum atomic E-state index is -1.05. The normalized spacial score (nSPS) is 16.2. The number of carbonyl (C=O) groups excluding carboxylic acids is 5. The topological polar surface area (TPSA) is 250 Å². The molecule has 0 unspecified atom stereocenters. The smallest absolute Gasteiger partial charge is 0.247 e. The van der Waals surface area contributed by atoms with Gasteiger partial charge in [-0.05, 0) is 89.0 Å². The number of amides is 5. The second-order valence-electron chi connectivity index (χ2n) is 21.0. The molecule has 0 spiro atoms. The molecule has 0 aliphatic carbocycles. The molecule has 0 saturated carbocycles. The van der Waals surface area contributed by atoms with Crippen LogP contribution in [0, 0.1) is 27.7 Å². The summed E-state index contributed by atoms with van der Waals surface area (Å²) in [5.41, 5.74) is 8.46. The number of aromatic nitrogens is 4. The Morgan fingerprint density at radius 3 is 2.16 bits per heavy atom. The summed E-state index contributed by atoms with van der Waals surface area (Å²) in [5.74, 6) is 0.509. The van der Waals surface area contributed by atoms with E-state index < -0.39 is 46.7 Å². The van der Waals surface area contributed by atoms with E-state index in [0.29, 0.717) is 55.9 Å². The molecular weight excluding hydrogens is 1140 g/mol. The maximum Gasteiger partial charge on any atom is 0.247 e. The summed E-state index contributed by atoms with van der Waals surface area (Å²) < 4.78 is 23.9. The van der Waals surface area contributed by atoms with Gasteiger partial charge in [-0.1, -0.05) is 67.8 Å². The van der Waals surface area contributed by atoms with Crippen molar-refractivity contribution >= 4 is 81.3 Å². The highest BCUT2D eigenvalue weighted by molar-refractivity contribution is 8.00. The van der Waals surface area contributed by atoms with Crippen molar-refractivity contribution in [1.82, 2.24) is 45.9 Å². The number of likely N-dealkylation sites (tertiary alicyclic amines) is 1. The number of hydrogen-bond donors (Lipinski definition) is 5. The van der Waals surface area contributed by atoms with Crippen LogP contribution in [0.3, 0.4) is 0 Å². The van der Waals surface area contributed by atoms with Crippen LogP contribution in [-0.2, 0) is 49.5 Å². The van der Waals surface area contributed by atoms with Crippen molar-refractivity contribution in [3.05, 3.63) is 104 Å². The molecule has 2 aromatic carbocycles. The zero-order valence-corrected chi connectivity index (χ0v) is 51.8. The number of thiazole rings is 1. The molecule has 0 bridgehead atoms. The lowest BCUT2D eigenvalue weighted by atomic mass is 9.99. The van der Waals surface area contributed by atoms with Crippen molar-refractivity contribution in [3.63, 3.8) is 0 Å². The van der Waals surface area contributed by atoms with Crippen LogP contribution in [0.4, 0.5) is 0 Å². The quantitative estimate of drug-likeness (QED) is 0.0262. The van der Waals surface area contributed by atoms with Crippen LogP contribution in [0.1, 0.15) is 116 Å². The molecule has 20 nitrogen and oxygen atoms in total. The van der Waals surface area contributed by atoms with E-state index in [1.807, 2.05) is 93.2 Å². The number of fused-ring (bicyclic) bond motifs is 3. The van der Waals surface area contributed by atoms with E-state index >= 15 is 0 Å². The van der Waals surface area contributed by atoms with Gasteiger partial charge in [0.2, 0.25) is 29.5 Å². The molecule has 450 valence electrons. The van der Waals surface area contributed by atoms with E-state index in [0.717, 1.165) is 85.5 Å². The van der Waals surface area contributed by atoms with Crippen LogP contribution in [0.15, 0.2) is 59.0 Å². The molecule has 2 aliphatic rings. The minimum Gasteiger partial charge on any atom is -0.391 e. The van der Waals surface area contributed by atoms with Crippen molar-refractivity contribution in [2.24, 2.45) is 4.99 Å². The highest BCUT2D eigenvalue weighted by Crippen LogP contribution is 2.40. The molecule has 83 heavy (non-hydrogen) atoms. The Morgan fingerprint density at radius 1 is 0.807 bits per heavy atom. The molecule has 5 amide bonds. The number of β-amino-alcohol motifs (C(OH)–C–C–N with tert-alkyl or cyclic N) is 1. The second kappa shape index (κ2) is 32.0. The fourth-order valence-electron chi connectivity index (χ4n) is 9.69. The van der Waals surface area contributed by atoms with Gasteiger partial charge in [-0.2, -0.15) is 11.8 Å². The Morgan fingerprint density at radius 2 is 1.47 bits per heavy atom. The summed E-state index contributed by atoms with van der Waals surface area (Å²) in [4.78, 5) is 79.9. The fourth-order valence-corrected chi connectivity index (χ4v) is 13.0. The summed E-state index contributed by atoms with van der Waals surface area (Å²) in [6, 6.07) is 12.9. The number of thiophene rings is 1. The fraction of sp³-hybridized carbons (Fsp3) is 0.542. The summed E-state index contributed by atoms with van der Waals surface area (Å²) in [5, 5.41) is 33.0. The zero-order chi connectivity index (χ0) is 59.5. The highest BCUT2D eigenvalue weighted by atomic mass is 35.5. The molecular formula is C59H79ClN10O10S3. The minimum absolute atomic E-state index is 0.0337. The third-order valence-electron chi connectivity index (χ3n) is 14.4. The predicted molar refractivity (Wildman–Crippen MR) is 325 cm³/mol. The van der Waals surface area contributed by atoms with E-state index in [4.69, 9.17) is 35.5 Å². The number of halogens is 1. The number of aliphatic hydroxyl groups excluding tert-OH is 1. The lowest BCUT2D eigenvalue weighted by molar-refractivity contribution is -0.142. The third kappa shape index (κ3) is 18.4. The van der Waals surface area contributed by atoms with Gasteiger partial charge < -0.3 is 50.2 Å². The molecule has 3 aromatic heterocycles. The van der Waals surface area contributed by atoms with Crippen LogP contribution in [0.5, 0.6) is 0 Å². The first-order valence-electron chi connectivity index (χ1n) is 28.3. The number of nitrogens with one attached hydrogen (secondary N) is 4. The number of ether oxygens (including phenoxy) is 4. The average Bonchev–Trinajstić information content (AvgIpc) is 4.28. The predicted octanol–water partition coefficient (Wildman–Crippen LogP) is 7.17. The molecule has 0 radical (unpaired) electrons. The van der Waals surface area contributed by atoms with Crippen LogP contribution in [-0.4, -0.2) is 166 Å². The van der Waals surface area contributed by atoms with Gasteiger partial charge >= 0.3 is 0 Å². The van der Waals surface area contributed by atoms with Crippen molar-refractivity contribution in [1.29, 1.82) is 0 Å². The lowest BCUT2D eigenvalue weighted by Gasteiger charge is -2.37. The van der Waals surface area contributed by atoms with Crippen LogP contribution < -0.4 is 21.3 Å². The van der Waals surface area contributed by atoms with Gasteiger partial charge in [0, 0.05) is 64.8 Å². The number of aryl methyl sites for hydroxylation is 3. The molecule has 24 heteroatoms. The molecule has 1 fully saturated rings. The molecule has 4 atom stereocenters. The van der Waals surface area contributed by atoms with Gasteiger partial charge in [0.05, 0.1) is 80.6 Å². The Labute approximate surface area is 503 Å². The Balaban J connectivity index is 0.803. The van der Waals surface area contributed by atoms with E-state index in [-0.39, 0.29) is 70.8 Å². The number of carbonyl (C=O) groups is 5. The first-order chi connectivity index (χ1) is 39.9. The summed E-state index contributed by atoms with van der Waals surface area (Å²) >= 11 is 11.0. The molecule has 7 rings (SSSR count). The maximum atomic E-state index is 14.6. The largest absolute Gasteiger partial charge is 0.391 e. The first-order valence-corrected chi connectivity index (χ1v) is 31.4. The van der Waals surface area contributed by atoms with Crippen LogP contribution in [0.2, 0.25) is 5.02 Å². The van der Waals surface area contributed by atoms with Gasteiger partial charge in [0.15, 0.2) is 5.82 Å². The molecule has 5 heterocycles. The highest BCUT2D eigenvalue weighted by Gasteiger charge is 2.46. The second-order valence-corrected chi connectivity index (χ2v) is 25.2. The standard InChI is InChI=1S/C59H79ClN10O10S3/c1-8-48(72)61-21-11-9-10-12-30-82-59(6,7)54(57(76)69-34-45(71)31-47(69)56(75)63-33-41-13-15-43(16-14-41)53-38(3)64-36-81-53)66-50(74)35-80-29-28-79-27-26-78-25-24-77-23-22-62-49(73)32-46-55-68-67-40(5)70(55)58-51(37(2)39(4)83-58)52(65-46)42-17-19-44(60)20-18-42/h13-20,36,45-47,54,71H,8-12,21-35H2,1-7H3,(H,61,72)(H,62,73)(H,63,75)(H,66,74)/t45-,46+,47+,54-/m1/s1. The van der Waals surface area contributed by atoms with Crippen molar-refractivity contribution < 1.29 is 48.0 Å². The third-order valence-corrected chi connectivity index (χ3v) is 18.3. The van der Waals surface area contributed by atoms with Crippen molar-refractivity contribution in [2.45, 2.75) is 129 Å². The Hall–Kier alpha value is -5.63. The Kier molecular flexibility index (Phi) is 25.1. The summed E-state index contributed by atoms with van der Waals surface area (Å²) in [6.07, 6.45) is 3.27. The van der Waals surface area contributed by atoms with E-state index in [1.165, 1.54) is 4.90 Å². The lowest BCUT2D eigenvalue weighted by Crippen LogP contribution is -2.60. The van der Waals surface area contributed by atoms with E-state index in [2.05, 4.69) is 50.3 Å². The van der Waals surface area contributed by atoms with Crippen molar-refractivity contribution in [2.75, 3.05) is 78.2 Å². The summed E-state index contributed by atoms with van der Waals surface area (Å²) in [6.45, 7) is 16.2. The number of aliphatic imine (C=N–C) groups is 1. The number of aliphatic hydroxyl groups is 1. The molecule has 5 N–H and O–H groups in total. The molecule has 1 saturated heterocycles. The van der Waals surface area contributed by atoms with Gasteiger partial charge in [-0.15, -0.1) is 32.9 Å². The first kappa shape index (κ1) is 64.9. The number of thioether (sulfide) groups is 1. The van der Waals surface area contributed by atoms with E-state index in [9.17, 15) is 29.1 Å². The number of unbranched alkanes of at least 4 members (excludes halogenated alkanes) is 3. The van der Waals surface area contributed by atoms with Gasteiger partial charge in [0.1, 0.15) is 35.6 Å². The van der Waals surface area contributed by atoms with Gasteiger partial charge in [0.25, 0.3) is 0 Å². The average molecular weight is 1220 g/mol. The monoisotopic (exact) mass is 1220 g/mol. The van der Waals surface area contributed by atoms with Crippen LogP contribution >= 0.6 is 46.0 Å². The maximum absolute atomic E-state index is 14.6.